The third-order valence-corrected chi connectivity index (χ3v) is 4.19. The normalized spacial score (nSPS) is 16.7. The van der Waals surface area contributed by atoms with Gasteiger partial charge in [-0.15, -0.1) is 0 Å². The molecule has 1 aromatic carbocycles. The average Bonchev–Trinajstić information content (AvgIpc) is 2.50. The van der Waals surface area contributed by atoms with Gasteiger partial charge in [0.2, 0.25) is 0 Å². The van der Waals surface area contributed by atoms with Crippen molar-refractivity contribution in [1.82, 2.24) is 10.2 Å². The monoisotopic (exact) mass is 292 g/mol. The van der Waals surface area contributed by atoms with E-state index in [-0.39, 0.29) is 0 Å². The van der Waals surface area contributed by atoms with E-state index in [1.165, 1.54) is 11.1 Å². The Labute approximate surface area is 128 Å². The van der Waals surface area contributed by atoms with Crippen molar-refractivity contribution < 1.29 is 9.47 Å². The molecule has 0 aromatic heterocycles. The lowest BCUT2D eigenvalue weighted by molar-refractivity contribution is 0.184. The smallest absolute Gasteiger partial charge is 0.161 e. The average molecular weight is 292 g/mol. The molecule has 118 valence electrons. The Balaban J connectivity index is 2.09. The Hall–Kier alpha value is -1.26. The molecule has 1 atom stereocenters. The summed E-state index contributed by atoms with van der Waals surface area (Å²) in [6.45, 7) is 9.78. The van der Waals surface area contributed by atoms with Gasteiger partial charge in [-0.2, -0.15) is 0 Å². The highest BCUT2D eigenvalue weighted by molar-refractivity contribution is 5.48. The zero-order valence-corrected chi connectivity index (χ0v) is 13.9. The van der Waals surface area contributed by atoms with Crippen molar-refractivity contribution in [3.63, 3.8) is 0 Å². The van der Waals surface area contributed by atoms with Crippen LogP contribution in [-0.2, 0) is 13.0 Å². The van der Waals surface area contributed by atoms with E-state index in [1.807, 2.05) is 0 Å². The largest absolute Gasteiger partial charge is 0.493 e. The van der Waals surface area contributed by atoms with Crippen LogP contribution in [0.1, 0.15) is 31.9 Å². The van der Waals surface area contributed by atoms with Gasteiger partial charge < -0.3 is 14.8 Å². The third-order valence-electron chi connectivity index (χ3n) is 4.19. The minimum atomic E-state index is 0.536. The predicted octanol–water partition coefficient (Wildman–Crippen LogP) is 2.45. The topological polar surface area (TPSA) is 33.7 Å². The Morgan fingerprint density at radius 3 is 2.29 bits per heavy atom. The van der Waals surface area contributed by atoms with Crippen LogP contribution in [0, 0.1) is 0 Å². The molecule has 2 rings (SSSR count). The summed E-state index contributed by atoms with van der Waals surface area (Å²) in [4.78, 5) is 2.53. The van der Waals surface area contributed by atoms with Gasteiger partial charge in [-0.25, -0.2) is 0 Å². The first-order chi connectivity index (χ1) is 10.0. The molecule has 0 fully saturated rings. The molecule has 1 aliphatic heterocycles. The van der Waals surface area contributed by atoms with Gasteiger partial charge in [0.05, 0.1) is 14.2 Å². The van der Waals surface area contributed by atoms with E-state index in [4.69, 9.17) is 9.47 Å². The van der Waals surface area contributed by atoms with Crippen LogP contribution in [0.2, 0.25) is 0 Å². The number of hydrogen-bond acceptors (Lipinski definition) is 4. The number of nitrogens with zero attached hydrogens (tertiary/aromatic N) is 1. The standard InChI is InChI=1S/C17H28N2O2/c1-12(2)18-10-13(3)19-7-6-14-8-16(20-4)17(21-5)9-15(14)11-19/h8-9,12-13,18H,6-7,10-11H2,1-5H3. The van der Waals surface area contributed by atoms with Crippen LogP contribution in [0.4, 0.5) is 0 Å². The molecule has 0 aliphatic carbocycles. The zero-order valence-electron chi connectivity index (χ0n) is 13.9. The van der Waals surface area contributed by atoms with E-state index >= 15 is 0 Å². The minimum Gasteiger partial charge on any atom is -0.493 e. The summed E-state index contributed by atoms with van der Waals surface area (Å²) in [6.07, 6.45) is 1.07. The van der Waals surface area contributed by atoms with Crippen LogP contribution >= 0.6 is 0 Å². The molecule has 21 heavy (non-hydrogen) atoms. The fourth-order valence-corrected chi connectivity index (χ4v) is 2.82. The molecule has 1 aromatic rings. The Kier molecular flexibility index (Phi) is 5.48. The highest BCUT2D eigenvalue weighted by Crippen LogP contribution is 2.33. The van der Waals surface area contributed by atoms with Crippen LogP contribution in [0.25, 0.3) is 0 Å². The first-order valence-corrected chi connectivity index (χ1v) is 7.76. The fraction of sp³-hybridized carbons (Fsp3) is 0.647. The molecule has 0 amide bonds. The zero-order chi connectivity index (χ0) is 15.4. The second-order valence-corrected chi connectivity index (χ2v) is 6.11. The molecular weight excluding hydrogens is 264 g/mol. The van der Waals surface area contributed by atoms with Gasteiger partial charge in [0, 0.05) is 31.7 Å². The highest BCUT2D eigenvalue weighted by Gasteiger charge is 2.22. The van der Waals surface area contributed by atoms with Crippen molar-refractivity contribution in [3.05, 3.63) is 23.3 Å². The van der Waals surface area contributed by atoms with Gasteiger partial charge in [-0.3, -0.25) is 4.90 Å². The number of nitrogens with one attached hydrogen (secondary N) is 1. The summed E-state index contributed by atoms with van der Waals surface area (Å²) in [5.74, 6) is 1.66. The maximum Gasteiger partial charge on any atom is 0.161 e. The van der Waals surface area contributed by atoms with E-state index in [0.717, 1.165) is 37.6 Å². The second-order valence-electron chi connectivity index (χ2n) is 6.11. The molecule has 0 spiro atoms. The molecule has 1 N–H and O–H groups in total. The van der Waals surface area contributed by atoms with E-state index in [9.17, 15) is 0 Å². The van der Waals surface area contributed by atoms with Crippen LogP contribution < -0.4 is 14.8 Å². The van der Waals surface area contributed by atoms with Crippen molar-refractivity contribution in [1.29, 1.82) is 0 Å². The van der Waals surface area contributed by atoms with Gasteiger partial charge in [-0.1, -0.05) is 13.8 Å². The van der Waals surface area contributed by atoms with Gasteiger partial charge in [0.25, 0.3) is 0 Å². The van der Waals surface area contributed by atoms with Gasteiger partial charge >= 0.3 is 0 Å². The van der Waals surface area contributed by atoms with E-state index in [1.54, 1.807) is 14.2 Å². The summed E-state index contributed by atoms with van der Waals surface area (Å²) >= 11 is 0. The number of rotatable bonds is 6. The summed E-state index contributed by atoms with van der Waals surface area (Å²) < 4.78 is 10.8. The van der Waals surface area contributed by atoms with E-state index in [0.29, 0.717) is 12.1 Å². The Morgan fingerprint density at radius 2 is 1.71 bits per heavy atom. The number of ether oxygens (including phenoxy) is 2. The summed E-state index contributed by atoms with van der Waals surface area (Å²) in [5.41, 5.74) is 2.74. The van der Waals surface area contributed by atoms with Gasteiger partial charge in [0.1, 0.15) is 0 Å². The summed E-state index contributed by atoms with van der Waals surface area (Å²) in [7, 11) is 3.39. The molecule has 1 unspecified atom stereocenters. The van der Waals surface area contributed by atoms with E-state index < -0.39 is 0 Å². The minimum absolute atomic E-state index is 0.536. The van der Waals surface area contributed by atoms with Crippen LogP contribution in [0.5, 0.6) is 11.5 Å². The molecule has 4 heteroatoms. The second kappa shape index (κ2) is 7.14. The number of fused-ring (bicyclic) bond motifs is 1. The first kappa shape index (κ1) is 16.1. The fourth-order valence-electron chi connectivity index (χ4n) is 2.82. The Bertz CT molecular complexity index is 474. The molecular formula is C17H28N2O2. The number of benzene rings is 1. The molecule has 0 saturated heterocycles. The quantitative estimate of drug-likeness (QED) is 0.873. The predicted molar refractivity (Wildman–Crippen MR) is 86.3 cm³/mol. The highest BCUT2D eigenvalue weighted by atomic mass is 16.5. The van der Waals surface area contributed by atoms with Crippen molar-refractivity contribution in [2.45, 2.75) is 45.8 Å². The summed E-state index contributed by atoms with van der Waals surface area (Å²) in [6, 6.07) is 5.33. The van der Waals surface area contributed by atoms with Crippen LogP contribution in [0.15, 0.2) is 12.1 Å². The lowest BCUT2D eigenvalue weighted by atomic mass is 9.97. The van der Waals surface area contributed by atoms with E-state index in [2.05, 4.69) is 43.1 Å². The lowest BCUT2D eigenvalue weighted by Crippen LogP contribution is -2.44. The molecule has 0 saturated carbocycles. The van der Waals surface area contributed by atoms with Crippen LogP contribution in [0.3, 0.4) is 0 Å². The van der Waals surface area contributed by atoms with Crippen LogP contribution in [-0.4, -0.2) is 44.3 Å². The molecule has 1 heterocycles. The van der Waals surface area contributed by atoms with Crippen molar-refractivity contribution >= 4 is 0 Å². The maximum absolute atomic E-state index is 5.42. The molecule has 1 aliphatic rings. The molecule has 4 nitrogen and oxygen atoms in total. The van der Waals surface area contributed by atoms with Crippen molar-refractivity contribution in [3.8, 4) is 11.5 Å². The Morgan fingerprint density at radius 1 is 1.10 bits per heavy atom. The van der Waals surface area contributed by atoms with Gasteiger partial charge in [-0.05, 0) is 36.6 Å². The van der Waals surface area contributed by atoms with Crippen molar-refractivity contribution in [2.24, 2.45) is 0 Å². The SMILES string of the molecule is COc1cc2c(cc1OC)CN(C(C)CNC(C)C)CC2. The maximum atomic E-state index is 5.42. The number of methoxy groups -OCH3 is 2. The number of hydrogen-bond donors (Lipinski definition) is 1. The molecule has 0 bridgehead atoms. The summed E-state index contributed by atoms with van der Waals surface area (Å²) in [5, 5.41) is 3.52. The molecule has 0 radical (unpaired) electrons. The third kappa shape index (κ3) is 3.89. The van der Waals surface area contributed by atoms with Gasteiger partial charge in [0.15, 0.2) is 11.5 Å². The first-order valence-electron chi connectivity index (χ1n) is 7.76. The van der Waals surface area contributed by atoms with Crippen molar-refractivity contribution in [2.75, 3.05) is 27.3 Å². The lowest BCUT2D eigenvalue weighted by Gasteiger charge is -2.34.